The van der Waals surface area contributed by atoms with Crippen molar-refractivity contribution >= 4 is 17.5 Å². The first-order valence-corrected chi connectivity index (χ1v) is 7.88. The van der Waals surface area contributed by atoms with Gasteiger partial charge >= 0.3 is 0 Å². The Hall–Kier alpha value is -2.76. The number of benzene rings is 1. The van der Waals surface area contributed by atoms with Crippen molar-refractivity contribution in [2.24, 2.45) is 0 Å². The molecule has 0 unspecified atom stereocenters. The molecule has 24 heavy (non-hydrogen) atoms. The minimum Gasteiger partial charge on any atom is -0.479 e. The topological polar surface area (TPSA) is 71.8 Å². The molecule has 3 rings (SSSR count). The summed E-state index contributed by atoms with van der Waals surface area (Å²) in [5.74, 6) is 1.59. The third kappa shape index (κ3) is 3.13. The summed E-state index contributed by atoms with van der Waals surface area (Å²) in [6, 6.07) is 10.6. The average Bonchev–Trinajstić information content (AvgIpc) is 2.98. The lowest BCUT2D eigenvalue weighted by Crippen LogP contribution is -2.49. The maximum atomic E-state index is 12.4. The van der Waals surface area contributed by atoms with Gasteiger partial charge in [0.1, 0.15) is 23.8 Å². The van der Waals surface area contributed by atoms with Crippen LogP contribution >= 0.6 is 0 Å². The van der Waals surface area contributed by atoms with Crippen LogP contribution in [0.2, 0.25) is 0 Å². The molecule has 126 valence electrons. The van der Waals surface area contributed by atoms with E-state index in [1.165, 1.54) is 4.90 Å². The van der Waals surface area contributed by atoms with Gasteiger partial charge in [-0.25, -0.2) is 0 Å². The Morgan fingerprint density at radius 1 is 1.29 bits per heavy atom. The molecule has 0 radical (unpaired) electrons. The van der Waals surface area contributed by atoms with Crippen LogP contribution in [0.4, 0.5) is 5.69 Å². The smallest absolute Gasteiger partial charge is 0.268 e. The van der Waals surface area contributed by atoms with E-state index in [0.717, 1.165) is 5.76 Å². The van der Waals surface area contributed by atoms with Crippen LogP contribution < -0.4 is 15.0 Å². The third-order valence-corrected chi connectivity index (χ3v) is 3.94. The quantitative estimate of drug-likeness (QED) is 0.936. The van der Waals surface area contributed by atoms with E-state index in [4.69, 9.17) is 9.15 Å². The highest BCUT2D eigenvalue weighted by Gasteiger charge is 2.32. The van der Waals surface area contributed by atoms with Crippen molar-refractivity contribution in [1.29, 1.82) is 0 Å². The number of para-hydroxylation sites is 2. The van der Waals surface area contributed by atoms with Gasteiger partial charge in [0.15, 0.2) is 6.10 Å². The van der Waals surface area contributed by atoms with E-state index in [2.05, 4.69) is 5.32 Å². The third-order valence-electron chi connectivity index (χ3n) is 3.94. The van der Waals surface area contributed by atoms with Crippen molar-refractivity contribution in [1.82, 2.24) is 5.32 Å². The normalized spacial score (nSPS) is 17.9. The Morgan fingerprint density at radius 2 is 2.04 bits per heavy atom. The molecular weight excluding hydrogens is 308 g/mol. The largest absolute Gasteiger partial charge is 0.479 e. The first-order valence-electron chi connectivity index (χ1n) is 7.88. The number of furan rings is 1. The molecule has 6 nitrogen and oxygen atoms in total. The van der Waals surface area contributed by atoms with Crippen LogP contribution in [0.25, 0.3) is 0 Å². The standard InChI is InChI=1S/C18H20N2O4/c1-11-8-9-15(23-11)12(2)19-17(21)10-20-14-6-4-5-7-16(14)24-13(3)18(20)22/h4-9,12-13H,10H2,1-3H3,(H,19,21)/t12-,13+/m1/s1. The maximum absolute atomic E-state index is 12.4. The fraction of sp³-hybridized carbons (Fsp3) is 0.333. The van der Waals surface area contributed by atoms with Crippen molar-refractivity contribution < 1.29 is 18.7 Å². The number of fused-ring (bicyclic) bond motifs is 1. The summed E-state index contributed by atoms with van der Waals surface area (Å²) in [6.45, 7) is 5.31. The van der Waals surface area contributed by atoms with Crippen LogP contribution in [0.3, 0.4) is 0 Å². The van der Waals surface area contributed by atoms with E-state index in [1.807, 2.05) is 38.1 Å². The molecule has 1 aromatic carbocycles. The van der Waals surface area contributed by atoms with Gasteiger partial charge in [0.05, 0.1) is 11.7 Å². The van der Waals surface area contributed by atoms with Crippen molar-refractivity contribution in [3.05, 3.63) is 47.9 Å². The molecule has 0 aliphatic carbocycles. The Balaban J connectivity index is 1.72. The number of carbonyl (C=O) groups excluding carboxylic acids is 2. The molecule has 0 fully saturated rings. The lowest BCUT2D eigenvalue weighted by atomic mass is 10.2. The highest BCUT2D eigenvalue weighted by atomic mass is 16.5. The fourth-order valence-corrected chi connectivity index (χ4v) is 2.71. The van der Waals surface area contributed by atoms with E-state index < -0.39 is 6.10 Å². The summed E-state index contributed by atoms with van der Waals surface area (Å²) in [6.07, 6.45) is -0.613. The molecule has 6 heteroatoms. The second-order valence-corrected chi connectivity index (χ2v) is 5.89. The lowest BCUT2D eigenvalue weighted by Gasteiger charge is -2.32. The van der Waals surface area contributed by atoms with Crippen LogP contribution in [0.1, 0.15) is 31.4 Å². The lowest BCUT2D eigenvalue weighted by molar-refractivity contribution is -0.128. The number of nitrogens with zero attached hydrogens (tertiary/aromatic N) is 1. The van der Waals surface area contributed by atoms with E-state index >= 15 is 0 Å². The summed E-state index contributed by atoms with van der Waals surface area (Å²) in [7, 11) is 0. The Bertz CT molecular complexity index is 768. The van der Waals surface area contributed by atoms with Crippen molar-refractivity contribution in [3.63, 3.8) is 0 Å². The number of ether oxygens (including phenoxy) is 1. The van der Waals surface area contributed by atoms with E-state index in [0.29, 0.717) is 17.2 Å². The minimum absolute atomic E-state index is 0.0619. The number of hydrogen-bond donors (Lipinski definition) is 1. The average molecular weight is 328 g/mol. The second-order valence-electron chi connectivity index (χ2n) is 5.89. The number of carbonyl (C=O) groups is 2. The molecule has 2 aromatic rings. The zero-order chi connectivity index (χ0) is 17.3. The van der Waals surface area contributed by atoms with Gasteiger partial charge in [-0.15, -0.1) is 0 Å². The summed E-state index contributed by atoms with van der Waals surface area (Å²) < 4.78 is 11.1. The minimum atomic E-state index is -0.613. The molecule has 2 amide bonds. The monoisotopic (exact) mass is 328 g/mol. The van der Waals surface area contributed by atoms with Crippen LogP contribution in [-0.4, -0.2) is 24.5 Å². The van der Waals surface area contributed by atoms with Gasteiger partial charge in [0.2, 0.25) is 5.91 Å². The number of amides is 2. The molecule has 2 atom stereocenters. The molecule has 0 spiro atoms. The zero-order valence-corrected chi connectivity index (χ0v) is 13.9. The predicted octanol–water partition coefficient (Wildman–Crippen LogP) is 2.58. The Morgan fingerprint density at radius 3 is 2.75 bits per heavy atom. The maximum Gasteiger partial charge on any atom is 0.268 e. The van der Waals surface area contributed by atoms with E-state index in [-0.39, 0.29) is 24.4 Å². The van der Waals surface area contributed by atoms with Crippen molar-refractivity contribution in [3.8, 4) is 5.75 Å². The number of nitrogens with one attached hydrogen (secondary N) is 1. The molecule has 1 N–H and O–H groups in total. The number of aryl methyl sites for hydroxylation is 1. The number of rotatable bonds is 4. The molecule has 2 heterocycles. The highest BCUT2D eigenvalue weighted by molar-refractivity contribution is 6.03. The summed E-state index contributed by atoms with van der Waals surface area (Å²) >= 11 is 0. The van der Waals surface area contributed by atoms with Gasteiger partial charge in [-0.3, -0.25) is 14.5 Å². The number of anilines is 1. The van der Waals surface area contributed by atoms with Crippen molar-refractivity contribution in [2.45, 2.75) is 32.9 Å². The van der Waals surface area contributed by atoms with Gasteiger partial charge < -0.3 is 14.5 Å². The molecular formula is C18H20N2O4. The van der Waals surface area contributed by atoms with Gasteiger partial charge in [0, 0.05) is 0 Å². The van der Waals surface area contributed by atoms with Gasteiger partial charge in [-0.05, 0) is 45.0 Å². The molecule has 0 saturated heterocycles. The Labute approximate surface area is 140 Å². The first kappa shape index (κ1) is 16.1. The summed E-state index contributed by atoms with van der Waals surface area (Å²) in [5, 5.41) is 2.86. The van der Waals surface area contributed by atoms with Gasteiger partial charge in [0.25, 0.3) is 5.91 Å². The fourth-order valence-electron chi connectivity index (χ4n) is 2.71. The van der Waals surface area contributed by atoms with Crippen LogP contribution in [-0.2, 0) is 9.59 Å². The van der Waals surface area contributed by atoms with Gasteiger partial charge in [-0.1, -0.05) is 12.1 Å². The van der Waals surface area contributed by atoms with Gasteiger partial charge in [-0.2, -0.15) is 0 Å². The summed E-state index contributed by atoms with van der Waals surface area (Å²) in [4.78, 5) is 26.2. The van der Waals surface area contributed by atoms with Crippen LogP contribution in [0.5, 0.6) is 5.75 Å². The molecule has 0 bridgehead atoms. The van der Waals surface area contributed by atoms with Crippen molar-refractivity contribution in [2.75, 3.05) is 11.4 Å². The Kier molecular flexibility index (Phi) is 4.29. The molecule has 1 aliphatic heterocycles. The second kappa shape index (κ2) is 6.39. The van der Waals surface area contributed by atoms with E-state index in [9.17, 15) is 9.59 Å². The zero-order valence-electron chi connectivity index (χ0n) is 13.9. The molecule has 1 aliphatic rings. The van der Waals surface area contributed by atoms with Crippen LogP contribution in [0, 0.1) is 6.92 Å². The highest BCUT2D eigenvalue weighted by Crippen LogP contribution is 2.33. The SMILES string of the molecule is Cc1ccc([C@@H](C)NC(=O)CN2C(=O)[C@H](C)Oc3ccccc32)o1. The summed E-state index contributed by atoms with van der Waals surface area (Å²) in [5.41, 5.74) is 0.609. The molecule has 1 aromatic heterocycles. The van der Waals surface area contributed by atoms with E-state index in [1.54, 1.807) is 19.1 Å². The number of hydrogen-bond acceptors (Lipinski definition) is 4. The first-order chi connectivity index (χ1) is 11.5. The van der Waals surface area contributed by atoms with Crippen LogP contribution in [0.15, 0.2) is 40.8 Å². The predicted molar refractivity (Wildman–Crippen MR) is 88.9 cm³/mol. The molecule has 0 saturated carbocycles.